The number of carbonyl (C=O) groups excluding carboxylic acids is 1. The number of thioether (sulfide) groups is 1. The monoisotopic (exact) mass is 529 g/mol. The van der Waals surface area contributed by atoms with Crippen molar-refractivity contribution >= 4 is 60.8 Å². The van der Waals surface area contributed by atoms with Crippen molar-refractivity contribution in [2.45, 2.75) is 5.16 Å². The van der Waals surface area contributed by atoms with Crippen LogP contribution in [0.5, 0.6) is 11.5 Å². The number of ether oxygens (including phenoxy) is 2. The lowest BCUT2D eigenvalue weighted by atomic mass is 10.2. The molecule has 1 N–H and O–H groups in total. The van der Waals surface area contributed by atoms with E-state index in [2.05, 4.69) is 26.2 Å². The van der Waals surface area contributed by atoms with Gasteiger partial charge in [-0.25, -0.2) is 4.98 Å². The van der Waals surface area contributed by atoms with Crippen molar-refractivity contribution in [3.05, 3.63) is 68.7 Å². The Balaban J connectivity index is 1.39. The van der Waals surface area contributed by atoms with Crippen LogP contribution < -0.4 is 20.3 Å². The normalized spacial score (nSPS) is 12.7. The molecule has 0 fully saturated rings. The third kappa shape index (κ3) is 4.25. The van der Waals surface area contributed by atoms with Crippen LogP contribution in [0.3, 0.4) is 0 Å². The second-order valence-corrected chi connectivity index (χ2v) is 9.62. The fraction of sp³-hybridized carbons (Fsp3) is 0.136. The molecule has 0 unspecified atom stereocenters. The maximum absolute atomic E-state index is 13.1. The highest BCUT2D eigenvalue weighted by atomic mass is 79.9. The van der Waals surface area contributed by atoms with E-state index >= 15 is 0 Å². The number of hydrogen-bond donors (Lipinski definition) is 1. The molecule has 1 aliphatic rings. The summed E-state index contributed by atoms with van der Waals surface area (Å²) in [6.07, 6.45) is 0. The Kier molecular flexibility index (Phi) is 5.90. The van der Waals surface area contributed by atoms with Crippen LogP contribution in [0, 0.1) is 0 Å². The molecule has 0 aliphatic carbocycles. The Morgan fingerprint density at radius 2 is 1.91 bits per heavy atom. The van der Waals surface area contributed by atoms with E-state index in [0.29, 0.717) is 51.5 Å². The molecule has 0 saturated heterocycles. The van der Waals surface area contributed by atoms with E-state index in [9.17, 15) is 9.59 Å². The summed E-state index contributed by atoms with van der Waals surface area (Å²) in [5, 5.41) is 5.16. The summed E-state index contributed by atoms with van der Waals surface area (Å²) < 4.78 is 14.1. The van der Waals surface area contributed by atoms with Gasteiger partial charge in [0.15, 0.2) is 16.7 Å². The number of anilines is 1. The highest BCUT2D eigenvalue weighted by Crippen LogP contribution is 2.32. The molecule has 7 nitrogen and oxygen atoms in total. The Hall–Kier alpha value is -2.82. The Bertz CT molecular complexity index is 1370. The summed E-state index contributed by atoms with van der Waals surface area (Å²) in [7, 11) is 0. The number of thiophene rings is 1. The summed E-state index contributed by atoms with van der Waals surface area (Å²) in [4.78, 5) is 30.4. The summed E-state index contributed by atoms with van der Waals surface area (Å²) >= 11 is 5.98. The predicted octanol–water partition coefficient (Wildman–Crippen LogP) is 4.71. The van der Waals surface area contributed by atoms with Crippen molar-refractivity contribution in [3.8, 4) is 17.2 Å². The van der Waals surface area contributed by atoms with Crippen LogP contribution in [0.2, 0.25) is 0 Å². The van der Waals surface area contributed by atoms with Crippen molar-refractivity contribution in [3.63, 3.8) is 0 Å². The predicted molar refractivity (Wildman–Crippen MR) is 130 cm³/mol. The lowest BCUT2D eigenvalue weighted by Crippen LogP contribution is -2.22. The van der Waals surface area contributed by atoms with Crippen LogP contribution in [0.4, 0.5) is 5.69 Å². The van der Waals surface area contributed by atoms with Gasteiger partial charge >= 0.3 is 0 Å². The molecular weight excluding hydrogens is 514 g/mol. The van der Waals surface area contributed by atoms with Crippen molar-refractivity contribution in [2.75, 3.05) is 24.3 Å². The number of amides is 1. The van der Waals surface area contributed by atoms with Crippen molar-refractivity contribution in [1.29, 1.82) is 0 Å². The summed E-state index contributed by atoms with van der Waals surface area (Å²) in [6.45, 7) is 0.988. The Morgan fingerprint density at radius 3 is 2.72 bits per heavy atom. The minimum atomic E-state index is -0.214. The minimum absolute atomic E-state index is 0.0903. The quantitative estimate of drug-likeness (QED) is 0.297. The highest BCUT2D eigenvalue weighted by molar-refractivity contribution is 9.10. The van der Waals surface area contributed by atoms with Crippen molar-refractivity contribution in [2.24, 2.45) is 0 Å². The van der Waals surface area contributed by atoms with Gasteiger partial charge in [-0.3, -0.25) is 14.2 Å². The second-order valence-electron chi connectivity index (χ2n) is 6.84. The van der Waals surface area contributed by atoms with Gasteiger partial charge in [-0.15, -0.1) is 11.3 Å². The molecule has 32 heavy (non-hydrogen) atoms. The van der Waals surface area contributed by atoms with Gasteiger partial charge in [-0.1, -0.05) is 27.7 Å². The Morgan fingerprint density at radius 1 is 1.12 bits per heavy atom. The van der Waals surface area contributed by atoms with Crippen LogP contribution in [0.15, 0.2) is 68.3 Å². The molecule has 0 atom stereocenters. The van der Waals surface area contributed by atoms with E-state index < -0.39 is 0 Å². The average molecular weight is 530 g/mol. The number of nitrogens with one attached hydrogen (secondary N) is 1. The maximum atomic E-state index is 13.1. The number of nitrogens with zero attached hydrogens (tertiary/aromatic N) is 2. The van der Waals surface area contributed by atoms with Gasteiger partial charge in [0.1, 0.15) is 17.9 Å². The van der Waals surface area contributed by atoms with Crippen LogP contribution in [0.1, 0.15) is 0 Å². The van der Waals surface area contributed by atoms with E-state index in [4.69, 9.17) is 9.47 Å². The van der Waals surface area contributed by atoms with E-state index in [1.54, 1.807) is 22.8 Å². The first kappa shape index (κ1) is 21.0. The van der Waals surface area contributed by atoms with E-state index in [1.165, 1.54) is 23.1 Å². The molecule has 3 heterocycles. The van der Waals surface area contributed by atoms with E-state index in [-0.39, 0.29) is 17.2 Å². The SMILES string of the molecule is O=C(CSc1nc2ccsc2c(=O)n1-c1ccc(Br)cc1)Nc1ccc2c(c1)OCCO2. The molecule has 10 heteroatoms. The molecule has 0 spiro atoms. The zero-order valence-electron chi connectivity index (χ0n) is 16.5. The van der Waals surface area contributed by atoms with Gasteiger partial charge in [0, 0.05) is 16.2 Å². The van der Waals surface area contributed by atoms with Crippen molar-refractivity contribution in [1.82, 2.24) is 9.55 Å². The fourth-order valence-corrected chi connectivity index (χ4v) is 5.09. The largest absolute Gasteiger partial charge is 0.486 e. The zero-order valence-corrected chi connectivity index (χ0v) is 19.8. The van der Waals surface area contributed by atoms with Crippen LogP contribution in [0.25, 0.3) is 15.9 Å². The summed E-state index contributed by atoms with van der Waals surface area (Å²) in [6, 6.07) is 14.5. The topological polar surface area (TPSA) is 82.5 Å². The van der Waals surface area contributed by atoms with Gasteiger partial charge in [0.25, 0.3) is 5.56 Å². The molecule has 0 radical (unpaired) electrons. The molecule has 2 aromatic carbocycles. The smallest absolute Gasteiger partial charge is 0.276 e. The molecule has 1 aliphatic heterocycles. The molecule has 4 aromatic rings. The minimum Gasteiger partial charge on any atom is -0.486 e. The third-order valence-corrected chi connectivity index (χ3v) is 7.05. The van der Waals surface area contributed by atoms with Crippen molar-refractivity contribution < 1.29 is 14.3 Å². The molecule has 2 aromatic heterocycles. The average Bonchev–Trinajstić information content (AvgIpc) is 3.28. The standard InChI is InChI=1S/C22H16BrN3O4S2/c23-13-1-4-15(5-2-13)26-21(28)20-16(7-10-31-20)25-22(26)32-12-19(27)24-14-3-6-17-18(11-14)30-9-8-29-17/h1-7,10-11H,8-9,12H2,(H,24,27). The molecule has 1 amide bonds. The van der Waals surface area contributed by atoms with Gasteiger partial charge < -0.3 is 14.8 Å². The van der Waals surface area contributed by atoms with Gasteiger partial charge in [-0.05, 0) is 47.8 Å². The lowest BCUT2D eigenvalue weighted by molar-refractivity contribution is -0.113. The number of halogens is 1. The number of fused-ring (bicyclic) bond motifs is 2. The molecule has 0 saturated carbocycles. The van der Waals surface area contributed by atoms with E-state index in [0.717, 1.165) is 4.47 Å². The fourth-order valence-electron chi connectivity index (χ4n) is 3.25. The molecule has 5 rings (SSSR count). The lowest BCUT2D eigenvalue weighted by Gasteiger charge is -2.19. The van der Waals surface area contributed by atoms with Crippen LogP contribution in [-0.2, 0) is 4.79 Å². The van der Waals surface area contributed by atoms with Crippen LogP contribution >= 0.6 is 39.0 Å². The number of carbonyl (C=O) groups is 1. The highest BCUT2D eigenvalue weighted by Gasteiger charge is 2.17. The first-order valence-electron chi connectivity index (χ1n) is 9.67. The van der Waals surface area contributed by atoms with E-state index in [1.807, 2.05) is 35.7 Å². The number of rotatable bonds is 5. The molecule has 0 bridgehead atoms. The summed E-state index contributed by atoms with van der Waals surface area (Å²) in [5.74, 6) is 1.15. The number of hydrogen-bond acceptors (Lipinski definition) is 7. The second kappa shape index (κ2) is 8.97. The van der Waals surface area contributed by atoms with Gasteiger partial charge in [0.2, 0.25) is 5.91 Å². The first-order chi connectivity index (χ1) is 15.6. The number of benzene rings is 2. The third-order valence-electron chi connectivity index (χ3n) is 4.69. The Labute approximate surface area is 199 Å². The summed E-state index contributed by atoms with van der Waals surface area (Å²) in [5.41, 5.74) is 1.78. The zero-order chi connectivity index (χ0) is 22.1. The van der Waals surface area contributed by atoms with Crippen LogP contribution in [-0.4, -0.2) is 34.4 Å². The van der Waals surface area contributed by atoms with Gasteiger partial charge in [0.05, 0.1) is 17.0 Å². The first-order valence-corrected chi connectivity index (χ1v) is 12.3. The number of aromatic nitrogens is 2. The maximum Gasteiger partial charge on any atom is 0.276 e. The van der Waals surface area contributed by atoms with Gasteiger partial charge in [-0.2, -0.15) is 0 Å². The molecular formula is C22H16BrN3O4S2. The molecule has 162 valence electrons.